The van der Waals surface area contributed by atoms with E-state index in [1.165, 1.54) is 18.1 Å². The van der Waals surface area contributed by atoms with Gasteiger partial charge in [-0.1, -0.05) is 0 Å². The average Bonchev–Trinajstić information content (AvgIpc) is 2.53. The van der Waals surface area contributed by atoms with Crippen LogP contribution in [0.3, 0.4) is 0 Å². The number of nitrogens with zero attached hydrogens (tertiary/aromatic N) is 3. The number of primary amides is 1. The minimum absolute atomic E-state index is 0.204. The quantitative estimate of drug-likeness (QED) is 0.481. The Morgan fingerprint density at radius 1 is 1.32 bits per heavy atom. The Kier molecular flexibility index (Phi) is 4.95. The number of hydrogen-bond acceptors (Lipinski definition) is 7. The molecule has 2 heterocycles. The molecule has 0 unspecified atom stereocenters. The van der Waals surface area contributed by atoms with Gasteiger partial charge < -0.3 is 16.2 Å². The summed E-state index contributed by atoms with van der Waals surface area (Å²) in [6, 6.07) is 1.78. The largest absolute Gasteiger partial charge is 0.495 e. The predicted molar refractivity (Wildman–Crippen MR) is 85.0 cm³/mol. The van der Waals surface area contributed by atoms with Crippen LogP contribution >= 0.6 is 11.8 Å². The molecule has 0 bridgehead atoms. The van der Waals surface area contributed by atoms with E-state index in [1.54, 1.807) is 25.6 Å². The van der Waals surface area contributed by atoms with Crippen molar-refractivity contribution in [2.45, 2.75) is 5.03 Å². The fourth-order valence-corrected chi connectivity index (χ4v) is 2.46. The molecule has 2 rings (SSSR count). The van der Waals surface area contributed by atoms with E-state index in [9.17, 15) is 4.79 Å². The first-order chi connectivity index (χ1) is 10.6. The van der Waals surface area contributed by atoms with Crippen molar-refractivity contribution in [3.63, 3.8) is 0 Å². The maximum atomic E-state index is 11.1. The van der Waals surface area contributed by atoms with Crippen molar-refractivity contribution in [3.8, 4) is 17.0 Å². The molecule has 0 atom stereocenters. The van der Waals surface area contributed by atoms with E-state index in [-0.39, 0.29) is 5.70 Å². The van der Waals surface area contributed by atoms with Crippen molar-refractivity contribution in [3.05, 3.63) is 36.4 Å². The van der Waals surface area contributed by atoms with Crippen molar-refractivity contribution >= 4 is 23.4 Å². The van der Waals surface area contributed by atoms with Crippen molar-refractivity contribution in [2.75, 3.05) is 13.4 Å². The summed E-state index contributed by atoms with van der Waals surface area (Å²) in [4.78, 5) is 23.7. The summed E-state index contributed by atoms with van der Waals surface area (Å²) in [5, 5.41) is 0.641. The topological polar surface area (TPSA) is 117 Å². The van der Waals surface area contributed by atoms with Crippen LogP contribution in [0.25, 0.3) is 17.0 Å². The predicted octanol–water partition coefficient (Wildman–Crippen LogP) is 1.05. The molecule has 2 aromatic rings. The third kappa shape index (κ3) is 3.34. The highest BCUT2D eigenvalue weighted by Crippen LogP contribution is 2.31. The summed E-state index contributed by atoms with van der Waals surface area (Å²) in [5.41, 5.74) is 13.2. The lowest BCUT2D eigenvalue weighted by atomic mass is 10.1. The van der Waals surface area contributed by atoms with Crippen LogP contribution < -0.4 is 16.2 Å². The molecule has 7 nitrogen and oxygen atoms in total. The van der Waals surface area contributed by atoms with Gasteiger partial charge in [0.15, 0.2) is 0 Å². The zero-order valence-electron chi connectivity index (χ0n) is 12.1. The van der Waals surface area contributed by atoms with E-state index in [0.29, 0.717) is 27.6 Å². The molecule has 8 heteroatoms. The zero-order valence-corrected chi connectivity index (χ0v) is 12.9. The lowest BCUT2D eigenvalue weighted by Gasteiger charge is -2.12. The number of amides is 1. The van der Waals surface area contributed by atoms with Crippen molar-refractivity contribution in [2.24, 2.45) is 11.5 Å². The third-order valence-electron chi connectivity index (χ3n) is 2.81. The van der Waals surface area contributed by atoms with Crippen molar-refractivity contribution in [1.29, 1.82) is 0 Å². The van der Waals surface area contributed by atoms with Crippen molar-refractivity contribution in [1.82, 2.24) is 15.0 Å². The van der Waals surface area contributed by atoms with Gasteiger partial charge in [-0.15, -0.1) is 11.8 Å². The molecule has 0 aliphatic rings. The summed E-state index contributed by atoms with van der Waals surface area (Å²) >= 11 is 1.39. The summed E-state index contributed by atoms with van der Waals surface area (Å²) in [7, 11) is 1.55. The molecule has 4 N–H and O–H groups in total. The summed E-state index contributed by atoms with van der Waals surface area (Å²) in [5.74, 6) is -0.0478. The Morgan fingerprint density at radius 3 is 2.73 bits per heavy atom. The molecule has 0 saturated heterocycles. The highest BCUT2D eigenvalue weighted by molar-refractivity contribution is 7.98. The Bertz CT molecular complexity index is 733. The van der Waals surface area contributed by atoms with E-state index < -0.39 is 5.91 Å². The summed E-state index contributed by atoms with van der Waals surface area (Å²) < 4.78 is 5.17. The smallest absolute Gasteiger partial charge is 0.243 e. The molecule has 0 aliphatic carbocycles. The Balaban J connectivity index is 2.67. The number of rotatable bonds is 5. The minimum atomic E-state index is -0.636. The van der Waals surface area contributed by atoms with E-state index in [1.807, 2.05) is 6.26 Å². The lowest BCUT2D eigenvalue weighted by Crippen LogP contribution is -2.12. The van der Waals surface area contributed by atoms with Gasteiger partial charge in [0.2, 0.25) is 5.91 Å². The van der Waals surface area contributed by atoms with Crippen molar-refractivity contribution < 1.29 is 9.53 Å². The first kappa shape index (κ1) is 15.8. The first-order valence-electron chi connectivity index (χ1n) is 6.22. The third-order valence-corrected chi connectivity index (χ3v) is 3.51. The number of hydrogen-bond donors (Lipinski definition) is 2. The average molecular weight is 317 g/mol. The van der Waals surface area contributed by atoms with Gasteiger partial charge in [0.1, 0.15) is 17.1 Å². The first-order valence-corrected chi connectivity index (χ1v) is 7.44. The van der Waals surface area contributed by atoms with Gasteiger partial charge in [-0.3, -0.25) is 9.78 Å². The highest BCUT2D eigenvalue weighted by atomic mass is 32.2. The fraction of sp³-hybridized carbons (Fsp3) is 0.143. The SMILES string of the molecule is COc1cncc(-c2ncnc(SC)c2/C(N)=C/C(N)=O)c1. The molecule has 1 amide bonds. The van der Waals surface area contributed by atoms with Gasteiger partial charge in [-0.25, -0.2) is 9.97 Å². The molecular formula is C14H15N5O2S. The van der Waals surface area contributed by atoms with Crippen LogP contribution in [0.4, 0.5) is 0 Å². The second-order valence-electron chi connectivity index (χ2n) is 4.22. The monoisotopic (exact) mass is 317 g/mol. The van der Waals surface area contributed by atoms with Gasteiger partial charge in [-0.2, -0.15) is 0 Å². The van der Waals surface area contributed by atoms with E-state index in [0.717, 1.165) is 6.08 Å². The molecule has 0 aliphatic heterocycles. The number of aromatic nitrogens is 3. The van der Waals surface area contributed by atoms with E-state index >= 15 is 0 Å². The Morgan fingerprint density at radius 2 is 2.09 bits per heavy atom. The normalized spacial score (nSPS) is 11.3. The molecule has 2 aromatic heterocycles. The molecule has 0 aromatic carbocycles. The lowest BCUT2D eigenvalue weighted by molar-refractivity contribution is -0.113. The molecule has 114 valence electrons. The van der Waals surface area contributed by atoms with Crippen LogP contribution in [0.15, 0.2) is 35.9 Å². The Hall–Kier alpha value is -2.61. The highest BCUT2D eigenvalue weighted by Gasteiger charge is 2.16. The number of carbonyl (C=O) groups is 1. The number of thioether (sulfide) groups is 1. The number of carbonyl (C=O) groups excluding carboxylic acids is 1. The molecule has 0 saturated carbocycles. The maximum Gasteiger partial charge on any atom is 0.243 e. The van der Waals surface area contributed by atoms with E-state index in [4.69, 9.17) is 16.2 Å². The van der Waals surface area contributed by atoms with E-state index in [2.05, 4.69) is 15.0 Å². The van der Waals surface area contributed by atoms with Crippen LogP contribution in [0.5, 0.6) is 5.75 Å². The fourth-order valence-electron chi connectivity index (χ4n) is 1.89. The second kappa shape index (κ2) is 6.90. The number of methoxy groups -OCH3 is 1. The molecule has 0 radical (unpaired) electrons. The zero-order chi connectivity index (χ0) is 16.1. The minimum Gasteiger partial charge on any atom is -0.495 e. The van der Waals surface area contributed by atoms with Crippen LogP contribution in [0.1, 0.15) is 5.56 Å². The van der Waals surface area contributed by atoms with Gasteiger partial charge >= 0.3 is 0 Å². The Labute approximate surface area is 131 Å². The number of pyridine rings is 1. The molecule has 0 spiro atoms. The number of nitrogens with two attached hydrogens (primary N) is 2. The van der Waals surface area contributed by atoms with Gasteiger partial charge in [-0.05, 0) is 12.3 Å². The van der Waals surface area contributed by atoms with Gasteiger partial charge in [0.05, 0.1) is 24.6 Å². The van der Waals surface area contributed by atoms with Gasteiger partial charge in [0, 0.05) is 23.5 Å². The van der Waals surface area contributed by atoms with Gasteiger partial charge in [0.25, 0.3) is 0 Å². The standard InChI is InChI=1S/C14H15N5O2S/c1-21-9-3-8(5-17-6-9)13-12(10(15)4-11(16)20)14(22-2)19-7-18-13/h3-7H,15H2,1-2H3,(H2,16,20)/b10-4-. The molecular weight excluding hydrogens is 302 g/mol. The number of ether oxygens (including phenoxy) is 1. The summed E-state index contributed by atoms with van der Waals surface area (Å²) in [6.07, 6.45) is 7.66. The molecule has 0 fully saturated rings. The maximum absolute atomic E-state index is 11.1. The van der Waals surface area contributed by atoms with Crippen LogP contribution in [-0.2, 0) is 4.79 Å². The molecule has 22 heavy (non-hydrogen) atoms. The van der Waals surface area contributed by atoms with Crippen LogP contribution in [0.2, 0.25) is 0 Å². The summed E-state index contributed by atoms with van der Waals surface area (Å²) in [6.45, 7) is 0. The van der Waals surface area contributed by atoms with Crippen LogP contribution in [-0.4, -0.2) is 34.2 Å². The second-order valence-corrected chi connectivity index (χ2v) is 5.02. The van der Waals surface area contributed by atoms with Crippen LogP contribution in [0, 0.1) is 0 Å².